The number of ether oxygens (including phenoxy) is 2. The highest BCUT2D eigenvalue weighted by Gasteiger charge is 2.38. The first-order valence-corrected chi connectivity index (χ1v) is 20.2. The van der Waals surface area contributed by atoms with Gasteiger partial charge in [0.25, 0.3) is 5.91 Å². The minimum Gasteiger partial charge on any atom is -0.464 e. The van der Waals surface area contributed by atoms with E-state index in [-0.39, 0.29) is 42.9 Å². The molecule has 3 aromatic rings. The second-order valence-corrected chi connectivity index (χ2v) is 17.3. The van der Waals surface area contributed by atoms with Crippen LogP contribution in [0.2, 0.25) is 0 Å². The Morgan fingerprint density at radius 2 is 1.95 bits per heavy atom. The number of benzene rings is 1. The number of aliphatic imine (C=N–C) groups is 1. The summed E-state index contributed by atoms with van der Waals surface area (Å²) in [5.41, 5.74) is 8.75. The van der Waals surface area contributed by atoms with Crippen molar-refractivity contribution in [1.29, 1.82) is 0 Å². The minimum absolute atomic E-state index is 0.160. The number of carbonyl (C=O) groups excluding carboxylic acids is 4. The minimum atomic E-state index is -0.979. The Bertz CT molecular complexity index is 1990. The number of pyridine rings is 1. The summed E-state index contributed by atoms with van der Waals surface area (Å²) in [6, 6.07) is 7.87. The van der Waals surface area contributed by atoms with Crippen LogP contribution in [-0.2, 0) is 42.1 Å². The van der Waals surface area contributed by atoms with Gasteiger partial charge in [0.1, 0.15) is 18.1 Å². The number of carbonyl (C=O) groups is 4. The molecule has 6 bridgehead atoms. The molecule has 3 amide bonds. The average Bonchev–Trinajstić information content (AvgIpc) is 3.73. The number of nitrogens with one attached hydrogen (secondary N) is 2. The lowest BCUT2D eigenvalue weighted by Gasteiger charge is -2.36. The van der Waals surface area contributed by atoms with E-state index in [0.717, 1.165) is 44.0 Å². The third-order valence-corrected chi connectivity index (χ3v) is 12.1. The third-order valence-electron chi connectivity index (χ3n) is 11.1. The molecule has 0 aliphatic carbocycles. The summed E-state index contributed by atoms with van der Waals surface area (Å²) in [4.78, 5) is 65.5. The van der Waals surface area contributed by atoms with E-state index >= 15 is 0 Å². The molecular formula is C41H55N7O6S. The molecule has 3 aliphatic rings. The van der Waals surface area contributed by atoms with Gasteiger partial charge in [0.15, 0.2) is 0 Å². The summed E-state index contributed by atoms with van der Waals surface area (Å²) in [6.45, 7) is 11.9. The molecule has 55 heavy (non-hydrogen) atoms. The van der Waals surface area contributed by atoms with E-state index in [2.05, 4.69) is 60.5 Å². The topological polar surface area (TPSA) is 147 Å². The first-order chi connectivity index (χ1) is 26.1. The van der Waals surface area contributed by atoms with Crippen LogP contribution in [0.15, 0.2) is 41.5 Å². The zero-order valence-corrected chi connectivity index (χ0v) is 34.3. The van der Waals surface area contributed by atoms with Crippen LogP contribution >= 0.6 is 11.8 Å². The maximum absolute atomic E-state index is 14.3. The van der Waals surface area contributed by atoms with Crippen molar-refractivity contribution in [2.45, 2.75) is 97.5 Å². The highest BCUT2D eigenvalue weighted by molar-refractivity contribution is 8.14. The van der Waals surface area contributed by atoms with Crippen LogP contribution in [0.3, 0.4) is 0 Å². The van der Waals surface area contributed by atoms with Crippen molar-refractivity contribution < 1.29 is 28.7 Å². The molecule has 14 heteroatoms. The number of fused-ring (bicyclic) bond motifs is 5. The largest absolute Gasteiger partial charge is 0.464 e. The Balaban J connectivity index is 1.45. The molecule has 1 aromatic carbocycles. The van der Waals surface area contributed by atoms with E-state index in [1.165, 1.54) is 16.8 Å². The van der Waals surface area contributed by atoms with Gasteiger partial charge in [-0.15, -0.1) is 11.8 Å². The molecule has 6 rings (SSSR count). The Morgan fingerprint density at radius 1 is 1.18 bits per heavy atom. The summed E-state index contributed by atoms with van der Waals surface area (Å²) in [5, 5.41) is 6.26. The Morgan fingerprint density at radius 3 is 2.65 bits per heavy atom. The molecule has 5 atom stereocenters. The molecule has 1 saturated heterocycles. The van der Waals surface area contributed by atoms with Gasteiger partial charge in [0, 0.05) is 74.9 Å². The highest BCUT2D eigenvalue weighted by atomic mass is 32.2. The van der Waals surface area contributed by atoms with Crippen molar-refractivity contribution >= 4 is 51.4 Å². The first-order valence-electron chi connectivity index (χ1n) is 19.2. The van der Waals surface area contributed by atoms with Gasteiger partial charge < -0.3 is 24.3 Å². The maximum atomic E-state index is 14.3. The van der Waals surface area contributed by atoms with E-state index in [1.54, 1.807) is 32.1 Å². The van der Waals surface area contributed by atoms with E-state index < -0.39 is 35.4 Å². The van der Waals surface area contributed by atoms with Crippen molar-refractivity contribution in [1.82, 2.24) is 30.2 Å². The molecular weight excluding hydrogens is 719 g/mol. The number of hydrogen-bond acceptors (Lipinski definition) is 10. The fourth-order valence-corrected chi connectivity index (χ4v) is 9.08. The van der Waals surface area contributed by atoms with Crippen LogP contribution in [0.5, 0.6) is 0 Å². The number of aryl methyl sites for hydroxylation is 1. The third kappa shape index (κ3) is 8.46. The Labute approximate surface area is 327 Å². The normalized spacial score (nSPS) is 22.8. The van der Waals surface area contributed by atoms with Gasteiger partial charge in [-0.05, 0) is 67.5 Å². The number of nitrogens with zero attached hydrogens (tertiary/aromatic N) is 5. The van der Waals surface area contributed by atoms with Crippen molar-refractivity contribution in [3.8, 4) is 11.3 Å². The molecule has 1 fully saturated rings. The van der Waals surface area contributed by atoms with E-state index in [4.69, 9.17) is 19.5 Å². The molecule has 0 radical (unpaired) electrons. The highest BCUT2D eigenvalue weighted by Crippen LogP contribution is 2.42. The van der Waals surface area contributed by atoms with E-state index in [9.17, 15) is 19.2 Å². The number of amides is 3. The SMILES string of the molecule is CO[C@@H](C)c1ncccc1-c1c2c3cc(ccc3n1C)C1CSC(=N1)C[C@H](NC(=O)[C@H](C(C)C)N(C)C(C)=O)C(=O)N1CCC[C@H](N1)C(=O)OCC(C)(C)C2. The lowest BCUT2D eigenvalue weighted by atomic mass is 9.84. The molecule has 3 aliphatic heterocycles. The number of hydrogen-bond donors (Lipinski definition) is 2. The lowest BCUT2D eigenvalue weighted by molar-refractivity contribution is -0.155. The molecule has 5 heterocycles. The van der Waals surface area contributed by atoms with E-state index in [1.807, 2.05) is 26.8 Å². The maximum Gasteiger partial charge on any atom is 0.324 e. The van der Waals surface area contributed by atoms with Gasteiger partial charge >= 0.3 is 5.97 Å². The van der Waals surface area contributed by atoms with E-state index in [0.29, 0.717) is 31.6 Å². The van der Waals surface area contributed by atoms with Gasteiger partial charge in [-0.2, -0.15) is 0 Å². The van der Waals surface area contributed by atoms with Gasteiger partial charge in [-0.25, -0.2) is 5.43 Å². The number of thioether (sulfide) groups is 1. The molecule has 296 valence electrons. The Kier molecular flexibility index (Phi) is 12.1. The summed E-state index contributed by atoms with van der Waals surface area (Å²) >= 11 is 1.58. The molecule has 13 nitrogen and oxygen atoms in total. The van der Waals surface area contributed by atoms with Gasteiger partial charge in [-0.3, -0.25) is 34.2 Å². The zero-order chi connectivity index (χ0) is 39.8. The quantitative estimate of drug-likeness (QED) is 0.312. The monoisotopic (exact) mass is 773 g/mol. The number of cyclic esters (lactones) is 1. The smallest absolute Gasteiger partial charge is 0.324 e. The predicted octanol–water partition coefficient (Wildman–Crippen LogP) is 5.13. The van der Waals surface area contributed by atoms with Crippen LogP contribution < -0.4 is 10.7 Å². The molecule has 2 N–H and O–H groups in total. The van der Waals surface area contributed by atoms with Crippen LogP contribution in [0.1, 0.15) is 89.8 Å². The van der Waals surface area contributed by atoms with Crippen molar-refractivity contribution in [2.75, 3.05) is 33.1 Å². The van der Waals surface area contributed by atoms with Crippen molar-refractivity contribution in [3.63, 3.8) is 0 Å². The van der Waals surface area contributed by atoms with Crippen molar-refractivity contribution in [2.24, 2.45) is 23.4 Å². The number of rotatable bonds is 7. The molecule has 0 spiro atoms. The van der Waals surface area contributed by atoms with Crippen LogP contribution in [0, 0.1) is 11.3 Å². The summed E-state index contributed by atoms with van der Waals surface area (Å²) in [6.07, 6.45) is 3.42. The van der Waals surface area contributed by atoms with Gasteiger partial charge in [0.2, 0.25) is 11.8 Å². The molecule has 0 saturated carbocycles. The van der Waals surface area contributed by atoms with Gasteiger partial charge in [-0.1, -0.05) is 33.8 Å². The lowest BCUT2D eigenvalue weighted by Crippen LogP contribution is -2.61. The first kappa shape index (κ1) is 40.4. The number of hydrazine groups is 1. The fraction of sp³-hybridized carbons (Fsp3) is 0.561. The summed E-state index contributed by atoms with van der Waals surface area (Å²) in [7, 11) is 5.35. The number of aromatic nitrogens is 2. The second kappa shape index (κ2) is 16.4. The van der Waals surface area contributed by atoms with Crippen LogP contribution in [-0.4, -0.2) is 99.4 Å². The van der Waals surface area contributed by atoms with Crippen LogP contribution in [0.4, 0.5) is 0 Å². The average molecular weight is 774 g/mol. The van der Waals surface area contributed by atoms with Gasteiger partial charge in [0.05, 0.1) is 35.2 Å². The zero-order valence-electron chi connectivity index (χ0n) is 33.5. The predicted molar refractivity (Wildman–Crippen MR) is 214 cm³/mol. The molecule has 2 aromatic heterocycles. The second-order valence-electron chi connectivity index (χ2n) is 16.2. The molecule has 1 unspecified atom stereocenters. The fourth-order valence-electron chi connectivity index (χ4n) is 7.98. The summed E-state index contributed by atoms with van der Waals surface area (Å²) in [5.74, 6) is -0.985. The van der Waals surface area contributed by atoms with Crippen molar-refractivity contribution in [3.05, 3.63) is 53.3 Å². The number of methoxy groups -OCH3 is 1. The Hall–Kier alpha value is -4.27. The number of likely N-dealkylation sites (N-methyl/N-ethyl adjacent to an activating group) is 1. The van der Waals surface area contributed by atoms with Crippen LogP contribution in [0.25, 0.3) is 22.2 Å². The number of esters is 1. The standard InChI is InChI=1S/C41H55N7O6S/c1-23(2)36(46(7)25(4)49)38(50)44-31-19-34-43-32(21-55-34)26-14-15-33-28(18-26)29(37(47(33)8)27-12-10-16-42-35(27)24(3)53-9)20-41(5,6)22-54-40(52)30-13-11-17-48(45-30)39(31)51/h10,12,14-16,18,23-24,30-32,36,45H,11,13,17,19-22H2,1-9H3,(H,44,50)/t24-,30-,31-,32?,36-/m0/s1. The summed E-state index contributed by atoms with van der Waals surface area (Å²) < 4.78 is 14.0.